The number of methoxy groups -OCH3 is 1. The van der Waals surface area contributed by atoms with Crippen LogP contribution in [0.2, 0.25) is 5.02 Å². The molecule has 0 amide bonds. The number of aromatic nitrogens is 2. The fraction of sp³-hybridized carbons (Fsp3) is 0.483. The highest BCUT2D eigenvalue weighted by molar-refractivity contribution is 6.30. The van der Waals surface area contributed by atoms with Crippen LogP contribution in [-0.4, -0.2) is 83.7 Å². The average molecular weight is 575 g/mol. The first-order valence-corrected chi connectivity index (χ1v) is 13.7. The Morgan fingerprint density at radius 3 is 2.50 bits per heavy atom. The Morgan fingerprint density at radius 2 is 1.90 bits per heavy atom. The van der Waals surface area contributed by atoms with Crippen LogP contribution in [0.3, 0.4) is 0 Å². The lowest BCUT2D eigenvalue weighted by Crippen LogP contribution is -2.48. The van der Waals surface area contributed by atoms with Crippen molar-refractivity contribution in [2.75, 3.05) is 57.9 Å². The summed E-state index contributed by atoms with van der Waals surface area (Å²) in [6.07, 6.45) is 1.38. The maximum absolute atomic E-state index is 15.0. The van der Waals surface area contributed by atoms with E-state index in [4.69, 9.17) is 21.3 Å². The summed E-state index contributed by atoms with van der Waals surface area (Å²) in [5.41, 5.74) is -0.384. The van der Waals surface area contributed by atoms with Gasteiger partial charge in [0.25, 0.3) is 0 Å². The van der Waals surface area contributed by atoms with Crippen molar-refractivity contribution in [3.8, 4) is 0 Å². The van der Waals surface area contributed by atoms with Crippen LogP contribution < -0.4 is 10.3 Å². The third-order valence-electron chi connectivity index (χ3n) is 7.50. The first-order chi connectivity index (χ1) is 19.0. The van der Waals surface area contributed by atoms with Gasteiger partial charge in [-0.25, -0.2) is 14.2 Å². The molecule has 4 rings (SSSR count). The number of pyridine rings is 2. The van der Waals surface area contributed by atoms with E-state index < -0.39 is 34.2 Å². The molecule has 3 heterocycles. The predicted octanol–water partition coefficient (Wildman–Crippen LogP) is 3.83. The highest BCUT2D eigenvalue weighted by Crippen LogP contribution is 2.34. The normalized spacial score (nSPS) is 15.5. The van der Waals surface area contributed by atoms with E-state index in [2.05, 4.69) is 9.80 Å². The Hall–Kier alpha value is -3.05. The number of ether oxygens (including phenoxy) is 1. The van der Waals surface area contributed by atoms with E-state index in [-0.39, 0.29) is 29.1 Å². The number of aliphatic hydroxyl groups is 1. The Labute approximate surface area is 237 Å². The van der Waals surface area contributed by atoms with Gasteiger partial charge in [-0.05, 0) is 23.1 Å². The molecule has 3 aromatic rings. The summed E-state index contributed by atoms with van der Waals surface area (Å²) in [7, 11) is 1.67. The van der Waals surface area contributed by atoms with Crippen molar-refractivity contribution >= 4 is 34.4 Å². The van der Waals surface area contributed by atoms with Gasteiger partial charge in [-0.2, -0.15) is 0 Å². The van der Waals surface area contributed by atoms with Crippen LogP contribution in [0.5, 0.6) is 0 Å². The number of aromatic carboxylic acids is 1. The van der Waals surface area contributed by atoms with Gasteiger partial charge in [0, 0.05) is 58.0 Å². The van der Waals surface area contributed by atoms with Crippen LogP contribution >= 0.6 is 11.6 Å². The van der Waals surface area contributed by atoms with Gasteiger partial charge >= 0.3 is 5.97 Å². The molecule has 0 unspecified atom stereocenters. The Kier molecular flexibility index (Phi) is 9.14. The molecule has 216 valence electrons. The summed E-state index contributed by atoms with van der Waals surface area (Å²) in [5, 5.41) is 20.3. The number of carboxylic acid groups (broad SMARTS) is 1. The molecule has 1 fully saturated rings. The third kappa shape index (κ3) is 6.15. The quantitative estimate of drug-likeness (QED) is 0.397. The molecule has 0 aliphatic carbocycles. The molecule has 1 saturated heterocycles. The van der Waals surface area contributed by atoms with E-state index in [1.165, 1.54) is 12.3 Å². The number of aliphatic hydroxyl groups excluding tert-OH is 1. The number of fused-ring (bicyclic) bond motifs is 1. The second-order valence-electron chi connectivity index (χ2n) is 11.2. The molecular weight excluding hydrogens is 539 g/mol. The summed E-state index contributed by atoms with van der Waals surface area (Å²) in [6, 6.07) is 5.83. The van der Waals surface area contributed by atoms with Gasteiger partial charge in [0.05, 0.1) is 29.7 Å². The topological polar surface area (TPSA) is 108 Å². The van der Waals surface area contributed by atoms with Gasteiger partial charge < -0.3 is 24.4 Å². The lowest BCUT2D eigenvalue weighted by atomic mass is 9.86. The summed E-state index contributed by atoms with van der Waals surface area (Å²) >= 11 is 6.06. The molecule has 0 saturated carbocycles. The van der Waals surface area contributed by atoms with E-state index in [9.17, 15) is 24.2 Å². The molecule has 9 nitrogen and oxygen atoms in total. The molecule has 1 aromatic carbocycles. The number of carboxylic acids is 1. The predicted molar refractivity (Wildman–Crippen MR) is 153 cm³/mol. The number of nitrogens with zero attached hydrogens (tertiary/aromatic N) is 4. The third-order valence-corrected chi connectivity index (χ3v) is 7.79. The summed E-state index contributed by atoms with van der Waals surface area (Å²) in [4.78, 5) is 34.8. The number of carbonyl (C=O) groups is 1. The van der Waals surface area contributed by atoms with E-state index in [0.29, 0.717) is 36.6 Å². The Bertz CT molecular complexity index is 1450. The fourth-order valence-electron chi connectivity index (χ4n) is 5.17. The van der Waals surface area contributed by atoms with Crippen molar-refractivity contribution in [1.29, 1.82) is 0 Å². The zero-order chi connectivity index (χ0) is 29.2. The van der Waals surface area contributed by atoms with Crippen molar-refractivity contribution in [3.05, 3.63) is 68.2 Å². The smallest absolute Gasteiger partial charge is 0.341 e. The standard InChI is InChI=1S/C29H36ClFN4O5/c1-29(2,3)23(17-36)35-16-21(28(38)39)25(37)20-15-19(14-18-6-5-7-22(30)24(18)31)26(32-27(20)35)34-10-8-33(9-11-34)12-13-40-4/h5-7,15-16,23,36H,8-14,17H2,1-4H3,(H,38,39)/t23-/m1/s1. The Morgan fingerprint density at radius 1 is 1.20 bits per heavy atom. The monoisotopic (exact) mass is 574 g/mol. The van der Waals surface area contributed by atoms with Gasteiger partial charge in [0.1, 0.15) is 22.8 Å². The van der Waals surface area contributed by atoms with Gasteiger partial charge in [-0.1, -0.05) is 44.5 Å². The lowest BCUT2D eigenvalue weighted by molar-refractivity contribution is 0.0692. The van der Waals surface area contributed by atoms with Crippen LogP contribution in [0.15, 0.2) is 35.3 Å². The van der Waals surface area contributed by atoms with Crippen LogP contribution in [0.1, 0.15) is 48.3 Å². The van der Waals surface area contributed by atoms with Crippen LogP contribution in [0.4, 0.5) is 10.2 Å². The number of benzene rings is 1. The number of hydrogen-bond acceptors (Lipinski definition) is 7. The fourth-order valence-corrected chi connectivity index (χ4v) is 5.36. The van der Waals surface area contributed by atoms with Crippen LogP contribution in [0, 0.1) is 11.2 Å². The summed E-state index contributed by atoms with van der Waals surface area (Å²) < 4.78 is 21.8. The molecule has 2 aromatic heterocycles. The maximum atomic E-state index is 15.0. The molecule has 0 bridgehead atoms. The minimum atomic E-state index is -1.37. The highest BCUT2D eigenvalue weighted by atomic mass is 35.5. The van der Waals surface area contributed by atoms with E-state index in [1.807, 2.05) is 20.8 Å². The lowest BCUT2D eigenvalue weighted by Gasteiger charge is -2.37. The van der Waals surface area contributed by atoms with E-state index >= 15 is 0 Å². The number of rotatable bonds is 9. The molecule has 1 aliphatic heterocycles. The Balaban J connectivity index is 1.94. The summed E-state index contributed by atoms with van der Waals surface area (Å²) in [5.74, 6) is -1.34. The molecule has 0 radical (unpaired) electrons. The van der Waals surface area contributed by atoms with Crippen LogP contribution in [0.25, 0.3) is 11.0 Å². The summed E-state index contributed by atoms with van der Waals surface area (Å²) in [6.45, 7) is 9.74. The first-order valence-electron chi connectivity index (χ1n) is 13.3. The zero-order valence-corrected chi connectivity index (χ0v) is 24.0. The largest absolute Gasteiger partial charge is 0.477 e. The van der Waals surface area contributed by atoms with Gasteiger partial charge in [-0.3, -0.25) is 9.69 Å². The van der Waals surface area contributed by atoms with Crippen molar-refractivity contribution in [3.63, 3.8) is 0 Å². The number of hydrogen-bond donors (Lipinski definition) is 2. The van der Waals surface area contributed by atoms with Crippen molar-refractivity contribution in [1.82, 2.24) is 14.5 Å². The molecule has 0 spiro atoms. The number of piperazine rings is 1. The minimum Gasteiger partial charge on any atom is -0.477 e. The molecule has 11 heteroatoms. The first kappa shape index (κ1) is 29.9. The number of halogens is 2. The van der Waals surface area contributed by atoms with E-state index in [0.717, 1.165) is 19.6 Å². The maximum Gasteiger partial charge on any atom is 0.341 e. The molecule has 1 aliphatic rings. The molecule has 40 heavy (non-hydrogen) atoms. The van der Waals surface area contributed by atoms with Gasteiger partial charge in [0.15, 0.2) is 0 Å². The second kappa shape index (κ2) is 12.2. The van der Waals surface area contributed by atoms with Gasteiger partial charge in [0.2, 0.25) is 5.43 Å². The van der Waals surface area contributed by atoms with Crippen molar-refractivity contribution < 1.29 is 24.1 Å². The second-order valence-corrected chi connectivity index (χ2v) is 11.6. The molecule has 2 N–H and O–H groups in total. The average Bonchev–Trinajstić information content (AvgIpc) is 2.91. The molecular formula is C29H36ClFN4O5. The van der Waals surface area contributed by atoms with Gasteiger partial charge in [-0.15, -0.1) is 0 Å². The molecule has 1 atom stereocenters. The highest BCUT2D eigenvalue weighted by Gasteiger charge is 2.30. The van der Waals surface area contributed by atoms with Crippen molar-refractivity contribution in [2.24, 2.45) is 5.41 Å². The van der Waals surface area contributed by atoms with Crippen molar-refractivity contribution in [2.45, 2.75) is 33.2 Å². The zero-order valence-electron chi connectivity index (χ0n) is 23.3. The SMILES string of the molecule is COCCN1CCN(c2nc3c(cc2Cc2cccc(Cl)c2F)c(=O)c(C(=O)O)cn3[C@H](CO)C(C)(C)C)CC1. The van der Waals surface area contributed by atoms with Crippen LogP contribution in [-0.2, 0) is 11.2 Å². The van der Waals surface area contributed by atoms with E-state index in [1.54, 1.807) is 29.9 Å². The number of anilines is 1. The minimum absolute atomic E-state index is 0.00830.